The van der Waals surface area contributed by atoms with E-state index in [2.05, 4.69) is 0 Å². The molecule has 0 heterocycles. The van der Waals surface area contributed by atoms with Gasteiger partial charge in [-0.05, 0) is 43.3 Å². The molecule has 5 nitrogen and oxygen atoms in total. The van der Waals surface area contributed by atoms with E-state index >= 15 is 0 Å². The third-order valence-electron chi connectivity index (χ3n) is 3.45. The Morgan fingerprint density at radius 3 is 1.58 bits per heavy atom. The molecule has 0 saturated carbocycles. The van der Waals surface area contributed by atoms with E-state index in [9.17, 15) is 4.57 Å². The Labute approximate surface area is 153 Å². The predicted molar refractivity (Wildman–Crippen MR) is 102 cm³/mol. The van der Waals surface area contributed by atoms with Gasteiger partial charge in [0.05, 0.1) is 5.69 Å². The van der Waals surface area contributed by atoms with Crippen molar-refractivity contribution < 1.29 is 18.2 Å². The topological polar surface area (TPSA) is 48.0 Å². The third kappa shape index (κ3) is 4.88. The van der Waals surface area contributed by atoms with E-state index in [0.29, 0.717) is 18.0 Å². The van der Waals surface area contributed by atoms with Gasteiger partial charge in [0.2, 0.25) is 0 Å². The maximum absolute atomic E-state index is 13.4. The average molecular weight is 369 g/mol. The fourth-order valence-corrected chi connectivity index (χ4v) is 3.59. The number of rotatable bonds is 8. The van der Waals surface area contributed by atoms with Crippen LogP contribution in [0.25, 0.3) is 0 Å². The summed E-state index contributed by atoms with van der Waals surface area (Å²) in [5.74, 6) is 0.798. The fourth-order valence-electron chi connectivity index (χ4n) is 2.28. The summed E-state index contributed by atoms with van der Waals surface area (Å²) in [4.78, 5) is 0. The fraction of sp³-hybridized carbons (Fsp3) is 0.100. The normalized spacial score (nSPS) is 11.0. The summed E-state index contributed by atoms with van der Waals surface area (Å²) in [7, 11) is -3.98. The molecule has 0 unspecified atom stereocenters. The van der Waals surface area contributed by atoms with Crippen molar-refractivity contribution >= 4 is 13.5 Å². The minimum absolute atomic E-state index is 0.399. The number of phosphoric acid groups is 1. The number of hydrogen-bond donors (Lipinski definition) is 0. The predicted octanol–water partition coefficient (Wildman–Crippen LogP) is 5.71. The Balaban J connectivity index is 1.87. The summed E-state index contributed by atoms with van der Waals surface area (Å²) in [6, 6.07) is 27.0. The van der Waals surface area contributed by atoms with Crippen molar-refractivity contribution in [2.24, 2.45) is 0 Å². The molecular formula is C20H20NO4P. The first-order chi connectivity index (χ1) is 12.7. The molecule has 0 saturated heterocycles. The van der Waals surface area contributed by atoms with E-state index in [4.69, 9.17) is 13.7 Å². The van der Waals surface area contributed by atoms with Crippen LogP contribution in [0.4, 0.5) is 5.69 Å². The van der Waals surface area contributed by atoms with Crippen LogP contribution in [0.15, 0.2) is 91.0 Å². The summed E-state index contributed by atoms with van der Waals surface area (Å²) < 4.78 is 30.4. The van der Waals surface area contributed by atoms with Crippen LogP contribution >= 0.6 is 7.82 Å². The quantitative estimate of drug-likeness (QED) is 0.376. The maximum atomic E-state index is 13.4. The van der Waals surface area contributed by atoms with Gasteiger partial charge in [-0.15, -0.1) is 4.62 Å². The highest BCUT2D eigenvalue weighted by atomic mass is 31.2. The lowest BCUT2D eigenvalue weighted by Crippen LogP contribution is -2.24. The van der Waals surface area contributed by atoms with Crippen LogP contribution in [0.5, 0.6) is 11.5 Å². The number of anilines is 1. The number of phosphoric ester groups is 1. The van der Waals surface area contributed by atoms with Gasteiger partial charge in [-0.3, -0.25) is 0 Å². The first kappa shape index (κ1) is 18.1. The number of para-hydroxylation sites is 3. The number of hydrogen-bond acceptors (Lipinski definition) is 5. The highest BCUT2D eigenvalue weighted by Crippen LogP contribution is 2.50. The van der Waals surface area contributed by atoms with Gasteiger partial charge in [0, 0.05) is 6.54 Å². The molecule has 26 heavy (non-hydrogen) atoms. The molecule has 3 rings (SSSR count). The number of hydroxylamine groups is 1. The van der Waals surface area contributed by atoms with Crippen LogP contribution in [0.3, 0.4) is 0 Å². The minimum atomic E-state index is -3.98. The molecule has 3 aromatic rings. The van der Waals surface area contributed by atoms with Gasteiger partial charge in [-0.1, -0.05) is 54.6 Å². The van der Waals surface area contributed by atoms with Gasteiger partial charge in [0.1, 0.15) is 11.5 Å². The molecule has 6 heteroatoms. The van der Waals surface area contributed by atoms with E-state index in [-0.39, 0.29) is 0 Å². The molecule has 0 aliphatic rings. The molecule has 0 atom stereocenters. The van der Waals surface area contributed by atoms with Gasteiger partial charge >= 0.3 is 7.82 Å². The van der Waals surface area contributed by atoms with Gasteiger partial charge < -0.3 is 9.05 Å². The van der Waals surface area contributed by atoms with Crippen LogP contribution in [-0.2, 0) is 9.19 Å². The Morgan fingerprint density at radius 1 is 0.731 bits per heavy atom. The zero-order valence-electron chi connectivity index (χ0n) is 14.4. The molecule has 0 aliphatic carbocycles. The highest BCUT2D eigenvalue weighted by Gasteiger charge is 2.34. The molecule has 0 fully saturated rings. The molecule has 0 aliphatic heterocycles. The lowest BCUT2D eigenvalue weighted by Gasteiger charge is -2.26. The molecule has 0 N–H and O–H groups in total. The molecule has 0 radical (unpaired) electrons. The number of benzene rings is 3. The summed E-state index contributed by atoms with van der Waals surface area (Å²) >= 11 is 0. The van der Waals surface area contributed by atoms with Crippen LogP contribution in [0, 0.1) is 0 Å². The van der Waals surface area contributed by atoms with E-state index in [1.54, 1.807) is 48.5 Å². The monoisotopic (exact) mass is 369 g/mol. The second-order valence-electron chi connectivity index (χ2n) is 5.37. The lowest BCUT2D eigenvalue weighted by molar-refractivity contribution is 0.192. The van der Waals surface area contributed by atoms with Crippen molar-refractivity contribution in [3.8, 4) is 11.5 Å². The van der Waals surface area contributed by atoms with Crippen LogP contribution < -0.4 is 14.1 Å². The highest BCUT2D eigenvalue weighted by molar-refractivity contribution is 7.49. The van der Waals surface area contributed by atoms with Crippen molar-refractivity contribution in [3.63, 3.8) is 0 Å². The van der Waals surface area contributed by atoms with Gasteiger partial charge in [-0.25, -0.2) is 9.63 Å². The molecular weight excluding hydrogens is 349 g/mol. The van der Waals surface area contributed by atoms with Crippen LogP contribution in [-0.4, -0.2) is 6.54 Å². The summed E-state index contributed by atoms with van der Waals surface area (Å²) in [6.45, 7) is 2.35. The molecule has 0 spiro atoms. The Hall–Kier alpha value is -2.75. The molecule has 0 aromatic heterocycles. The van der Waals surface area contributed by atoms with E-state index in [0.717, 1.165) is 5.69 Å². The zero-order chi connectivity index (χ0) is 18.2. The van der Waals surface area contributed by atoms with Crippen LogP contribution in [0.2, 0.25) is 0 Å². The van der Waals surface area contributed by atoms with E-state index in [1.807, 2.05) is 49.4 Å². The third-order valence-corrected chi connectivity index (χ3v) is 4.72. The first-order valence-electron chi connectivity index (χ1n) is 8.30. The largest absolute Gasteiger partial charge is 0.610 e. The molecule has 3 aromatic carbocycles. The average Bonchev–Trinajstić information content (AvgIpc) is 2.68. The maximum Gasteiger partial charge on any atom is 0.610 e. The summed E-state index contributed by atoms with van der Waals surface area (Å²) in [5, 5.41) is 1.49. The second-order valence-corrected chi connectivity index (χ2v) is 6.79. The van der Waals surface area contributed by atoms with Gasteiger partial charge in [0.15, 0.2) is 0 Å². The van der Waals surface area contributed by atoms with Crippen molar-refractivity contribution in [2.75, 3.05) is 11.6 Å². The van der Waals surface area contributed by atoms with Crippen molar-refractivity contribution in [2.45, 2.75) is 6.92 Å². The standard InChI is InChI=1S/C20H20NO4P/c1-2-21(18-12-6-3-7-13-18)25-26(22,23-19-14-8-4-9-15-19)24-20-16-10-5-11-17-20/h3-17H,2H2,1H3. The minimum Gasteiger partial charge on any atom is -0.394 e. The Bertz CT molecular complexity index is 798. The van der Waals surface area contributed by atoms with E-state index in [1.165, 1.54) is 5.06 Å². The first-order valence-corrected chi connectivity index (χ1v) is 9.76. The molecule has 134 valence electrons. The summed E-state index contributed by atoms with van der Waals surface area (Å²) in [5.41, 5.74) is 0.753. The van der Waals surface area contributed by atoms with Gasteiger partial charge in [0.25, 0.3) is 0 Å². The smallest absolute Gasteiger partial charge is 0.394 e. The van der Waals surface area contributed by atoms with Crippen molar-refractivity contribution in [1.82, 2.24) is 0 Å². The van der Waals surface area contributed by atoms with Crippen molar-refractivity contribution in [3.05, 3.63) is 91.0 Å². The molecule has 0 amide bonds. The van der Waals surface area contributed by atoms with Crippen LogP contribution in [0.1, 0.15) is 6.92 Å². The SMILES string of the molecule is CCN(OP(=O)(Oc1ccccc1)Oc1ccccc1)c1ccccc1. The van der Waals surface area contributed by atoms with Crippen molar-refractivity contribution in [1.29, 1.82) is 0 Å². The summed E-state index contributed by atoms with van der Waals surface area (Å²) in [6.07, 6.45) is 0. The molecule has 0 bridgehead atoms. The Morgan fingerprint density at radius 2 is 1.15 bits per heavy atom. The Kier molecular flexibility index (Phi) is 5.95. The number of nitrogens with zero attached hydrogens (tertiary/aromatic N) is 1. The zero-order valence-corrected chi connectivity index (χ0v) is 15.3. The van der Waals surface area contributed by atoms with Gasteiger partial charge in [-0.2, -0.15) is 0 Å². The second kappa shape index (κ2) is 8.56. The van der Waals surface area contributed by atoms with E-state index < -0.39 is 7.82 Å². The lowest BCUT2D eigenvalue weighted by atomic mass is 10.3.